The van der Waals surface area contributed by atoms with Gasteiger partial charge >= 0.3 is 0 Å². The minimum atomic E-state index is 0. The van der Waals surface area contributed by atoms with Crippen LogP contribution in [0.25, 0.3) is 0 Å². The van der Waals surface area contributed by atoms with E-state index in [0.29, 0.717) is 18.3 Å². The van der Waals surface area contributed by atoms with Crippen molar-refractivity contribution in [3.05, 3.63) is 0 Å². The van der Waals surface area contributed by atoms with Crippen LogP contribution in [0.1, 0.15) is 58.3 Å². The third-order valence-electron chi connectivity index (χ3n) is 6.88. The molecule has 2 atom stereocenters. The number of carbonyl (C=O) groups is 1. The minimum Gasteiger partial charge on any atom is -0.379 e. The van der Waals surface area contributed by atoms with Crippen molar-refractivity contribution >= 4 is 30.7 Å². The quantitative estimate of drug-likeness (QED) is 0.641. The van der Waals surface area contributed by atoms with E-state index >= 15 is 0 Å². The molecule has 7 heteroatoms. The Bertz CT molecular complexity index is 435. The lowest BCUT2D eigenvalue weighted by atomic mass is 9.73. The molecule has 28 heavy (non-hydrogen) atoms. The first-order valence-electron chi connectivity index (χ1n) is 10.9. The van der Waals surface area contributed by atoms with Crippen LogP contribution in [0.2, 0.25) is 0 Å². The molecule has 3 fully saturated rings. The average Bonchev–Trinajstić information content (AvgIpc) is 2.69. The average molecular weight is 438 g/mol. The molecule has 3 aliphatic rings. The van der Waals surface area contributed by atoms with Crippen LogP contribution >= 0.6 is 24.8 Å². The van der Waals surface area contributed by atoms with Crippen molar-refractivity contribution in [1.29, 1.82) is 0 Å². The number of amides is 1. The number of nitrogens with one attached hydrogen (secondary N) is 2. The first kappa shape index (κ1) is 26.0. The number of rotatable bonds is 7. The molecular formula is C21H41Cl2N3O2. The fourth-order valence-electron chi connectivity index (χ4n) is 5.11. The summed E-state index contributed by atoms with van der Waals surface area (Å²) in [6.07, 6.45) is 9.68. The van der Waals surface area contributed by atoms with E-state index < -0.39 is 0 Å². The lowest BCUT2D eigenvalue weighted by molar-refractivity contribution is -0.123. The molecule has 1 amide bonds. The van der Waals surface area contributed by atoms with Crippen LogP contribution in [0.5, 0.6) is 0 Å². The zero-order valence-electron chi connectivity index (χ0n) is 17.5. The molecule has 3 rings (SSSR count). The van der Waals surface area contributed by atoms with Gasteiger partial charge in [0.15, 0.2) is 0 Å². The van der Waals surface area contributed by atoms with Gasteiger partial charge in [0.1, 0.15) is 0 Å². The van der Waals surface area contributed by atoms with Gasteiger partial charge in [0, 0.05) is 38.0 Å². The lowest BCUT2D eigenvalue weighted by Gasteiger charge is -2.42. The van der Waals surface area contributed by atoms with Crippen LogP contribution in [-0.4, -0.2) is 63.3 Å². The molecule has 0 aromatic heterocycles. The van der Waals surface area contributed by atoms with Gasteiger partial charge in [0.05, 0.1) is 13.2 Å². The smallest absolute Gasteiger partial charge is 0.220 e. The first-order chi connectivity index (χ1) is 12.7. The zero-order valence-corrected chi connectivity index (χ0v) is 19.2. The maximum Gasteiger partial charge on any atom is 0.220 e. The van der Waals surface area contributed by atoms with Crippen LogP contribution in [0, 0.1) is 17.3 Å². The van der Waals surface area contributed by atoms with Crippen molar-refractivity contribution in [2.24, 2.45) is 17.3 Å². The second-order valence-electron chi connectivity index (χ2n) is 9.01. The van der Waals surface area contributed by atoms with Crippen LogP contribution < -0.4 is 10.6 Å². The highest BCUT2D eigenvalue weighted by molar-refractivity contribution is 5.85. The van der Waals surface area contributed by atoms with Gasteiger partial charge in [-0.05, 0) is 50.6 Å². The van der Waals surface area contributed by atoms with E-state index in [4.69, 9.17) is 4.74 Å². The van der Waals surface area contributed by atoms with Crippen molar-refractivity contribution in [2.45, 2.75) is 58.3 Å². The zero-order chi connectivity index (χ0) is 18.2. The maximum absolute atomic E-state index is 12.6. The van der Waals surface area contributed by atoms with Crippen molar-refractivity contribution in [1.82, 2.24) is 15.5 Å². The standard InChI is InChI=1S/C21H39N3O2.2ClH/c1-18(19-6-5-9-22-15-19)14-20(25)23-16-21(7-3-2-4-8-21)17-24-10-12-26-13-11-24;;/h18-19,22H,2-17H2,1H3,(H,23,25);2*1H. The molecular weight excluding hydrogens is 397 g/mol. The summed E-state index contributed by atoms with van der Waals surface area (Å²) in [5.74, 6) is 1.39. The Kier molecular flexibility index (Phi) is 12.3. The van der Waals surface area contributed by atoms with Gasteiger partial charge in [-0.25, -0.2) is 0 Å². The van der Waals surface area contributed by atoms with Gasteiger partial charge in [-0.3, -0.25) is 9.69 Å². The molecule has 1 aliphatic carbocycles. The highest BCUT2D eigenvalue weighted by Crippen LogP contribution is 2.37. The number of morpholine rings is 1. The summed E-state index contributed by atoms with van der Waals surface area (Å²) in [4.78, 5) is 15.2. The Morgan fingerprint density at radius 3 is 2.54 bits per heavy atom. The fourth-order valence-corrected chi connectivity index (χ4v) is 5.11. The van der Waals surface area contributed by atoms with Crippen molar-refractivity contribution in [2.75, 3.05) is 52.5 Å². The van der Waals surface area contributed by atoms with Gasteiger partial charge < -0.3 is 15.4 Å². The largest absolute Gasteiger partial charge is 0.379 e. The molecule has 0 aromatic rings. The van der Waals surface area contributed by atoms with Crippen molar-refractivity contribution in [3.63, 3.8) is 0 Å². The molecule has 2 aliphatic heterocycles. The summed E-state index contributed by atoms with van der Waals surface area (Å²) in [6, 6.07) is 0. The second kappa shape index (κ2) is 13.3. The molecule has 2 unspecified atom stereocenters. The van der Waals surface area contributed by atoms with E-state index in [1.165, 1.54) is 44.9 Å². The minimum absolute atomic E-state index is 0. The molecule has 0 bridgehead atoms. The molecule has 2 N–H and O–H groups in total. The lowest BCUT2D eigenvalue weighted by Crippen LogP contribution is -2.49. The third-order valence-corrected chi connectivity index (χ3v) is 6.88. The fraction of sp³-hybridized carbons (Fsp3) is 0.952. The van der Waals surface area contributed by atoms with E-state index in [-0.39, 0.29) is 36.1 Å². The van der Waals surface area contributed by atoms with Gasteiger partial charge in [0.25, 0.3) is 0 Å². The summed E-state index contributed by atoms with van der Waals surface area (Å²) in [6.45, 7) is 10.3. The maximum atomic E-state index is 12.6. The van der Waals surface area contributed by atoms with E-state index in [1.54, 1.807) is 0 Å². The third kappa shape index (κ3) is 7.98. The van der Waals surface area contributed by atoms with Gasteiger partial charge in [0.2, 0.25) is 5.91 Å². The SMILES string of the molecule is CC(CC(=O)NCC1(CN2CCOCC2)CCCCC1)C1CCCNC1.Cl.Cl. The summed E-state index contributed by atoms with van der Waals surface area (Å²) in [5, 5.41) is 6.81. The number of hydrogen-bond donors (Lipinski definition) is 2. The molecule has 1 saturated carbocycles. The number of halogens is 2. The van der Waals surface area contributed by atoms with E-state index in [9.17, 15) is 4.79 Å². The Balaban J connectivity index is 0.00000196. The number of piperidine rings is 1. The second-order valence-corrected chi connectivity index (χ2v) is 9.01. The molecule has 166 valence electrons. The predicted octanol–water partition coefficient (Wildman–Crippen LogP) is 3.25. The molecule has 0 aromatic carbocycles. The monoisotopic (exact) mass is 437 g/mol. The van der Waals surface area contributed by atoms with Gasteiger partial charge in [-0.2, -0.15) is 0 Å². The predicted molar refractivity (Wildman–Crippen MR) is 120 cm³/mol. The highest BCUT2D eigenvalue weighted by atomic mass is 35.5. The molecule has 0 spiro atoms. The van der Waals surface area contributed by atoms with Gasteiger partial charge in [-0.15, -0.1) is 24.8 Å². The Labute approximate surface area is 183 Å². The number of hydrogen-bond acceptors (Lipinski definition) is 4. The number of carbonyl (C=O) groups excluding carboxylic acids is 1. The summed E-state index contributed by atoms with van der Waals surface area (Å²) < 4.78 is 5.50. The van der Waals surface area contributed by atoms with Crippen molar-refractivity contribution < 1.29 is 9.53 Å². The first-order valence-corrected chi connectivity index (χ1v) is 10.9. The van der Waals surface area contributed by atoms with Crippen LogP contribution in [0.15, 0.2) is 0 Å². The molecule has 0 radical (unpaired) electrons. The Hall–Kier alpha value is -0.0700. The Morgan fingerprint density at radius 2 is 1.89 bits per heavy atom. The molecule has 2 saturated heterocycles. The van der Waals surface area contributed by atoms with Crippen LogP contribution in [0.4, 0.5) is 0 Å². The number of nitrogens with zero attached hydrogens (tertiary/aromatic N) is 1. The molecule has 5 nitrogen and oxygen atoms in total. The molecule has 2 heterocycles. The van der Waals surface area contributed by atoms with Crippen LogP contribution in [0.3, 0.4) is 0 Å². The summed E-state index contributed by atoms with van der Waals surface area (Å²) >= 11 is 0. The summed E-state index contributed by atoms with van der Waals surface area (Å²) in [5.41, 5.74) is 0.279. The van der Waals surface area contributed by atoms with E-state index in [0.717, 1.165) is 52.5 Å². The highest BCUT2D eigenvalue weighted by Gasteiger charge is 2.35. The number of ether oxygens (including phenoxy) is 1. The van der Waals surface area contributed by atoms with E-state index in [2.05, 4.69) is 22.5 Å². The van der Waals surface area contributed by atoms with E-state index in [1.807, 2.05) is 0 Å². The van der Waals surface area contributed by atoms with Gasteiger partial charge in [-0.1, -0.05) is 26.2 Å². The summed E-state index contributed by atoms with van der Waals surface area (Å²) in [7, 11) is 0. The van der Waals surface area contributed by atoms with Crippen molar-refractivity contribution in [3.8, 4) is 0 Å². The Morgan fingerprint density at radius 1 is 1.18 bits per heavy atom. The normalized spacial score (nSPS) is 26.4. The van der Waals surface area contributed by atoms with Crippen LogP contribution in [-0.2, 0) is 9.53 Å². The topological polar surface area (TPSA) is 53.6 Å².